The summed E-state index contributed by atoms with van der Waals surface area (Å²) in [6, 6.07) is 9.11. The number of carboxylic acids is 1. The van der Waals surface area contributed by atoms with Crippen molar-refractivity contribution in [1.82, 2.24) is 10.2 Å². The number of nitrogens with zero attached hydrogens (tertiary/aromatic N) is 3. The molecule has 1 heterocycles. The number of fused-ring (bicyclic) bond motifs is 1. The lowest BCUT2D eigenvalue weighted by atomic mass is 10.0. The standard InChI is InChI=1S/C28H34FN3O6/c1-8-36-23-16-19(10-12-22(23)29)24(25(33)34)31(21-11-9-20-17-30-14-13-18(20)15-21)32(38-28(5,6)7)26(35)37-27(2,3)4/h9-17,24H,8H2,1-7H3,(H,33,34). The number of benzene rings is 2. The van der Waals surface area contributed by atoms with Crippen molar-refractivity contribution in [2.75, 3.05) is 11.6 Å². The Morgan fingerprint density at radius 3 is 2.32 bits per heavy atom. The first-order valence-corrected chi connectivity index (χ1v) is 12.2. The van der Waals surface area contributed by atoms with Gasteiger partial charge in [0, 0.05) is 17.8 Å². The van der Waals surface area contributed by atoms with Crippen LogP contribution in [0.4, 0.5) is 14.9 Å². The summed E-state index contributed by atoms with van der Waals surface area (Å²) in [5.41, 5.74) is -1.37. The van der Waals surface area contributed by atoms with Gasteiger partial charge in [-0.3, -0.25) is 4.98 Å². The topological polar surface area (TPSA) is 101 Å². The summed E-state index contributed by atoms with van der Waals surface area (Å²) in [6.45, 7) is 12.1. The van der Waals surface area contributed by atoms with Crippen LogP contribution in [0.3, 0.4) is 0 Å². The molecule has 0 bridgehead atoms. The highest BCUT2D eigenvalue weighted by atomic mass is 19.1. The van der Waals surface area contributed by atoms with E-state index in [1.54, 1.807) is 85.1 Å². The number of pyridine rings is 1. The average molecular weight is 528 g/mol. The zero-order chi connectivity index (χ0) is 28.3. The summed E-state index contributed by atoms with van der Waals surface area (Å²) in [7, 11) is 0. The minimum Gasteiger partial charge on any atom is -0.491 e. The van der Waals surface area contributed by atoms with Crippen LogP contribution in [0.15, 0.2) is 54.9 Å². The number of rotatable bonds is 8. The third-order valence-corrected chi connectivity index (χ3v) is 5.04. The van der Waals surface area contributed by atoms with Crippen molar-refractivity contribution in [1.29, 1.82) is 0 Å². The Morgan fingerprint density at radius 2 is 1.71 bits per heavy atom. The highest BCUT2D eigenvalue weighted by Gasteiger charge is 2.40. The number of carboxylic acid groups (broad SMARTS) is 1. The van der Waals surface area contributed by atoms with Crippen LogP contribution in [0.25, 0.3) is 10.8 Å². The largest absolute Gasteiger partial charge is 0.491 e. The molecule has 0 aliphatic heterocycles. The fourth-order valence-corrected chi connectivity index (χ4v) is 3.65. The maximum Gasteiger partial charge on any atom is 0.454 e. The molecular weight excluding hydrogens is 493 g/mol. The van der Waals surface area contributed by atoms with Gasteiger partial charge < -0.3 is 14.6 Å². The molecule has 9 nitrogen and oxygen atoms in total. The number of amides is 1. The lowest BCUT2D eigenvalue weighted by molar-refractivity contribution is -0.221. The van der Waals surface area contributed by atoms with Crippen LogP contribution in [0, 0.1) is 5.82 Å². The van der Waals surface area contributed by atoms with Crippen LogP contribution >= 0.6 is 0 Å². The van der Waals surface area contributed by atoms with Crippen molar-refractivity contribution in [3.05, 3.63) is 66.2 Å². The van der Waals surface area contributed by atoms with E-state index >= 15 is 0 Å². The minimum atomic E-state index is -1.54. The molecule has 1 atom stereocenters. The fourth-order valence-electron chi connectivity index (χ4n) is 3.65. The quantitative estimate of drug-likeness (QED) is 0.341. The summed E-state index contributed by atoms with van der Waals surface area (Å²) in [5.74, 6) is -2.07. The van der Waals surface area contributed by atoms with Gasteiger partial charge in [0.05, 0.1) is 17.9 Å². The first-order chi connectivity index (χ1) is 17.7. The monoisotopic (exact) mass is 527 g/mol. The Balaban J connectivity index is 2.29. The molecule has 1 amide bonds. The number of aromatic nitrogens is 1. The Morgan fingerprint density at radius 1 is 1.00 bits per heavy atom. The van der Waals surface area contributed by atoms with Crippen molar-refractivity contribution in [2.45, 2.75) is 65.7 Å². The molecule has 0 fully saturated rings. The second-order valence-electron chi connectivity index (χ2n) is 10.6. The number of halogens is 1. The molecule has 0 aliphatic rings. The number of hydrazine groups is 1. The van der Waals surface area contributed by atoms with Gasteiger partial charge in [-0.05, 0) is 89.7 Å². The van der Waals surface area contributed by atoms with E-state index in [2.05, 4.69) is 4.98 Å². The summed E-state index contributed by atoms with van der Waals surface area (Å²) in [4.78, 5) is 36.6. The van der Waals surface area contributed by atoms with Crippen molar-refractivity contribution in [3.8, 4) is 5.75 Å². The predicted octanol–water partition coefficient (Wildman–Crippen LogP) is 6.29. The molecule has 10 heteroatoms. The number of hydrogen-bond donors (Lipinski definition) is 1. The molecule has 1 aromatic heterocycles. The molecule has 0 radical (unpaired) electrons. The number of hydrogen-bond acceptors (Lipinski definition) is 7. The van der Waals surface area contributed by atoms with E-state index in [0.717, 1.165) is 22.0 Å². The van der Waals surface area contributed by atoms with Gasteiger partial charge in [-0.25, -0.2) is 23.8 Å². The lowest BCUT2D eigenvalue weighted by Gasteiger charge is -2.41. The maximum atomic E-state index is 14.4. The van der Waals surface area contributed by atoms with Crippen LogP contribution < -0.4 is 9.75 Å². The zero-order valence-corrected chi connectivity index (χ0v) is 22.7. The lowest BCUT2D eigenvalue weighted by Crippen LogP contribution is -2.54. The van der Waals surface area contributed by atoms with Gasteiger partial charge in [0.2, 0.25) is 0 Å². The minimum absolute atomic E-state index is 0.110. The molecule has 1 N–H and O–H groups in total. The van der Waals surface area contributed by atoms with Crippen LogP contribution in [-0.2, 0) is 14.4 Å². The van der Waals surface area contributed by atoms with Gasteiger partial charge in [0.25, 0.3) is 0 Å². The summed E-state index contributed by atoms with van der Waals surface area (Å²) in [6.07, 6.45) is 2.35. The first-order valence-electron chi connectivity index (χ1n) is 12.2. The van der Waals surface area contributed by atoms with Gasteiger partial charge in [0.15, 0.2) is 17.6 Å². The van der Waals surface area contributed by atoms with E-state index in [0.29, 0.717) is 5.69 Å². The second-order valence-corrected chi connectivity index (χ2v) is 10.6. The molecular formula is C28H34FN3O6. The summed E-state index contributed by atoms with van der Waals surface area (Å²) < 4.78 is 25.4. The molecule has 2 aromatic carbocycles. The van der Waals surface area contributed by atoms with Crippen LogP contribution in [0.2, 0.25) is 0 Å². The zero-order valence-electron chi connectivity index (χ0n) is 22.7. The van der Waals surface area contributed by atoms with Gasteiger partial charge in [0.1, 0.15) is 5.60 Å². The van der Waals surface area contributed by atoms with Crippen LogP contribution in [0.5, 0.6) is 5.75 Å². The molecule has 0 saturated heterocycles. The SMILES string of the molecule is CCOc1cc(C(C(=O)O)N(c2ccc3cnccc3c2)N(OC(C)(C)C)C(=O)OC(C)(C)C)ccc1F. The molecule has 0 spiro atoms. The fraction of sp³-hybridized carbons (Fsp3) is 0.393. The second kappa shape index (κ2) is 11.2. The van der Waals surface area contributed by atoms with Crippen LogP contribution in [0.1, 0.15) is 60.1 Å². The van der Waals surface area contributed by atoms with Gasteiger partial charge in [-0.15, -0.1) is 0 Å². The van der Waals surface area contributed by atoms with E-state index < -0.39 is 35.1 Å². The molecule has 38 heavy (non-hydrogen) atoms. The number of ether oxygens (including phenoxy) is 2. The Hall–Kier alpha value is -3.92. The van der Waals surface area contributed by atoms with Crippen molar-refractivity contribution in [3.63, 3.8) is 0 Å². The Labute approximate surface area is 221 Å². The summed E-state index contributed by atoms with van der Waals surface area (Å²) in [5, 5.41) is 14.1. The van der Waals surface area contributed by atoms with E-state index in [9.17, 15) is 19.1 Å². The van der Waals surface area contributed by atoms with E-state index in [4.69, 9.17) is 14.3 Å². The third-order valence-electron chi connectivity index (χ3n) is 5.04. The Kier molecular flexibility index (Phi) is 8.46. The number of hydroxylamine groups is 1. The van der Waals surface area contributed by atoms with Gasteiger partial charge >= 0.3 is 12.1 Å². The highest BCUT2D eigenvalue weighted by Crippen LogP contribution is 2.35. The molecule has 0 saturated carbocycles. The Bertz CT molecular complexity index is 1300. The van der Waals surface area contributed by atoms with E-state index in [1.165, 1.54) is 17.1 Å². The smallest absolute Gasteiger partial charge is 0.454 e. The van der Waals surface area contributed by atoms with Crippen molar-refractivity contribution >= 4 is 28.5 Å². The first kappa shape index (κ1) is 28.6. The van der Waals surface area contributed by atoms with Crippen molar-refractivity contribution < 1.29 is 33.4 Å². The van der Waals surface area contributed by atoms with Crippen LogP contribution in [-0.4, -0.2) is 45.1 Å². The maximum absolute atomic E-state index is 14.4. The predicted molar refractivity (Wildman–Crippen MR) is 141 cm³/mol. The normalized spacial score (nSPS) is 12.6. The van der Waals surface area contributed by atoms with Crippen molar-refractivity contribution in [2.24, 2.45) is 0 Å². The number of carbonyl (C=O) groups excluding carboxylic acids is 1. The molecule has 1 unspecified atom stereocenters. The number of anilines is 1. The number of aliphatic carboxylic acids is 1. The number of carbonyl (C=O) groups is 2. The third kappa shape index (κ3) is 7.10. The highest BCUT2D eigenvalue weighted by molar-refractivity contribution is 5.88. The van der Waals surface area contributed by atoms with E-state index in [-0.39, 0.29) is 17.9 Å². The molecule has 204 valence electrons. The summed E-state index contributed by atoms with van der Waals surface area (Å²) >= 11 is 0. The van der Waals surface area contributed by atoms with Gasteiger partial charge in [-0.2, -0.15) is 0 Å². The molecule has 0 aliphatic carbocycles. The van der Waals surface area contributed by atoms with Gasteiger partial charge in [-0.1, -0.05) is 17.3 Å². The van der Waals surface area contributed by atoms with E-state index in [1.807, 2.05) is 0 Å². The molecule has 3 rings (SSSR count). The molecule has 3 aromatic rings. The average Bonchev–Trinajstić information content (AvgIpc) is 2.81.